The van der Waals surface area contributed by atoms with E-state index < -0.39 is 0 Å². The van der Waals surface area contributed by atoms with Gasteiger partial charge in [-0.05, 0) is 56.7 Å². The average molecular weight is 392 g/mol. The highest BCUT2D eigenvalue weighted by molar-refractivity contribution is 14.1. The molecule has 11 heavy (non-hydrogen) atoms. The Kier molecular flexibility index (Phi) is 3.25. The van der Waals surface area contributed by atoms with Gasteiger partial charge >= 0.3 is 0 Å². The maximum Gasteiger partial charge on any atom is 0.0789 e. The van der Waals surface area contributed by atoms with Crippen LogP contribution in [-0.2, 0) is 5.41 Å². The fourth-order valence-corrected chi connectivity index (χ4v) is 3.27. The standard InChI is InChI=1S/C8H10I2S/c1-8(2,3)6-4-5(9)7(10)11-6/h4H,1-3H3. The van der Waals surface area contributed by atoms with E-state index in [4.69, 9.17) is 0 Å². The van der Waals surface area contributed by atoms with Gasteiger partial charge in [-0.1, -0.05) is 20.8 Å². The first-order valence-corrected chi connectivity index (χ1v) is 6.34. The zero-order valence-electron chi connectivity index (χ0n) is 6.74. The molecule has 1 aromatic heterocycles. The van der Waals surface area contributed by atoms with Gasteiger partial charge in [0.1, 0.15) is 0 Å². The van der Waals surface area contributed by atoms with Crippen molar-refractivity contribution in [2.24, 2.45) is 0 Å². The van der Waals surface area contributed by atoms with Gasteiger partial charge in [0.2, 0.25) is 0 Å². The zero-order chi connectivity index (χ0) is 8.65. The van der Waals surface area contributed by atoms with Crippen LogP contribution < -0.4 is 0 Å². The Hall–Kier alpha value is 1.16. The molecule has 0 amide bonds. The molecule has 0 aliphatic heterocycles. The number of rotatable bonds is 0. The molecule has 0 saturated heterocycles. The van der Waals surface area contributed by atoms with Crippen molar-refractivity contribution in [1.29, 1.82) is 0 Å². The van der Waals surface area contributed by atoms with Gasteiger partial charge in [-0.3, -0.25) is 0 Å². The second-order valence-corrected chi connectivity index (χ2v) is 7.51. The van der Waals surface area contributed by atoms with Crippen molar-refractivity contribution in [3.63, 3.8) is 0 Å². The highest BCUT2D eigenvalue weighted by atomic mass is 127. The quantitative estimate of drug-likeness (QED) is 0.580. The lowest BCUT2D eigenvalue weighted by molar-refractivity contribution is 0.604. The van der Waals surface area contributed by atoms with Crippen molar-refractivity contribution < 1.29 is 0 Å². The van der Waals surface area contributed by atoms with E-state index in [-0.39, 0.29) is 0 Å². The topological polar surface area (TPSA) is 0 Å². The van der Waals surface area contributed by atoms with Crippen LogP contribution in [-0.4, -0.2) is 0 Å². The smallest absolute Gasteiger partial charge is 0.0789 e. The van der Waals surface area contributed by atoms with E-state index in [1.54, 1.807) is 0 Å². The lowest BCUT2D eigenvalue weighted by Gasteiger charge is -2.14. The second kappa shape index (κ2) is 3.49. The van der Waals surface area contributed by atoms with E-state index in [0.717, 1.165) is 0 Å². The fourth-order valence-electron chi connectivity index (χ4n) is 0.716. The molecule has 0 spiro atoms. The van der Waals surface area contributed by atoms with Crippen molar-refractivity contribution >= 4 is 56.5 Å². The molecule has 62 valence electrons. The van der Waals surface area contributed by atoms with Crippen LogP contribution in [0.5, 0.6) is 0 Å². The summed E-state index contributed by atoms with van der Waals surface area (Å²) in [6, 6.07) is 2.28. The largest absolute Gasteiger partial charge is 0.133 e. The average Bonchev–Trinajstić information content (AvgIpc) is 2.11. The van der Waals surface area contributed by atoms with Gasteiger partial charge in [-0.2, -0.15) is 0 Å². The van der Waals surface area contributed by atoms with Crippen LogP contribution in [0, 0.1) is 6.45 Å². The summed E-state index contributed by atoms with van der Waals surface area (Å²) in [5, 5.41) is 0. The maximum absolute atomic E-state index is 2.40. The van der Waals surface area contributed by atoms with Gasteiger partial charge in [0, 0.05) is 8.45 Å². The minimum Gasteiger partial charge on any atom is -0.133 e. The molecule has 1 aromatic rings. The maximum atomic E-state index is 2.40. The lowest BCUT2D eigenvalue weighted by Crippen LogP contribution is -2.07. The molecule has 0 unspecified atom stereocenters. The molecule has 0 saturated carbocycles. The summed E-state index contributed by atoms with van der Waals surface area (Å²) in [6.45, 7) is 6.76. The summed E-state index contributed by atoms with van der Waals surface area (Å²) in [5.41, 5.74) is 0.314. The van der Waals surface area contributed by atoms with Crippen LogP contribution in [0.1, 0.15) is 25.6 Å². The molecule has 0 fully saturated rings. The Morgan fingerprint density at radius 3 is 2.00 bits per heavy atom. The second-order valence-electron chi connectivity index (χ2n) is 3.48. The predicted octanol–water partition coefficient (Wildman–Crippen LogP) is 4.25. The molecule has 0 aliphatic rings. The Balaban J connectivity index is 3.08. The van der Waals surface area contributed by atoms with E-state index in [9.17, 15) is 0 Å². The first kappa shape index (κ1) is 10.2. The van der Waals surface area contributed by atoms with E-state index >= 15 is 0 Å². The zero-order valence-corrected chi connectivity index (χ0v) is 11.9. The SMILES string of the molecule is CC(C)(C)c1cc(I)c(I)s1. The summed E-state index contributed by atoms with van der Waals surface area (Å²) in [5.74, 6) is 0. The molecule has 0 aromatic carbocycles. The van der Waals surface area contributed by atoms with Crippen molar-refractivity contribution in [2.45, 2.75) is 26.2 Å². The Morgan fingerprint density at radius 2 is 1.82 bits per heavy atom. The molecule has 1 heterocycles. The van der Waals surface area contributed by atoms with Crippen LogP contribution in [0.3, 0.4) is 0 Å². The van der Waals surface area contributed by atoms with E-state index in [1.165, 1.54) is 11.3 Å². The van der Waals surface area contributed by atoms with Crippen LogP contribution in [0.15, 0.2) is 6.07 Å². The Labute approximate surface area is 99.1 Å². The molecular formula is C8H10I2S. The van der Waals surface area contributed by atoms with Crippen LogP contribution in [0.4, 0.5) is 0 Å². The molecule has 0 atom stereocenters. The Bertz CT molecular complexity index is 238. The van der Waals surface area contributed by atoms with E-state index in [0.29, 0.717) is 5.41 Å². The van der Waals surface area contributed by atoms with Gasteiger partial charge in [0.15, 0.2) is 0 Å². The van der Waals surface area contributed by atoms with Crippen molar-refractivity contribution in [2.75, 3.05) is 0 Å². The van der Waals surface area contributed by atoms with Crippen molar-refractivity contribution in [3.8, 4) is 0 Å². The van der Waals surface area contributed by atoms with Gasteiger partial charge in [-0.25, -0.2) is 0 Å². The molecule has 0 radical (unpaired) electrons. The van der Waals surface area contributed by atoms with Crippen LogP contribution in [0.2, 0.25) is 0 Å². The van der Waals surface area contributed by atoms with E-state index in [2.05, 4.69) is 72.0 Å². The minimum atomic E-state index is 0.314. The molecule has 0 aliphatic carbocycles. The first-order valence-electron chi connectivity index (χ1n) is 3.36. The van der Waals surface area contributed by atoms with Gasteiger partial charge in [0.25, 0.3) is 0 Å². The molecule has 3 heteroatoms. The van der Waals surface area contributed by atoms with E-state index in [1.807, 2.05) is 11.3 Å². The third-order valence-electron chi connectivity index (χ3n) is 1.38. The fraction of sp³-hybridized carbons (Fsp3) is 0.500. The predicted molar refractivity (Wildman–Crippen MR) is 68.5 cm³/mol. The van der Waals surface area contributed by atoms with Crippen LogP contribution in [0.25, 0.3) is 0 Å². The molecule has 1 rings (SSSR count). The summed E-state index contributed by atoms with van der Waals surface area (Å²) in [7, 11) is 0. The highest BCUT2D eigenvalue weighted by Crippen LogP contribution is 2.33. The number of thiophene rings is 1. The van der Waals surface area contributed by atoms with Gasteiger partial charge in [-0.15, -0.1) is 11.3 Å². The lowest BCUT2D eigenvalue weighted by atomic mass is 9.95. The molecule has 0 N–H and O–H groups in total. The summed E-state index contributed by atoms with van der Waals surface area (Å²) in [6.07, 6.45) is 0. The number of halogens is 2. The molecule has 0 bridgehead atoms. The number of hydrogen-bond donors (Lipinski definition) is 0. The summed E-state index contributed by atoms with van der Waals surface area (Å²) >= 11 is 6.68. The monoisotopic (exact) mass is 392 g/mol. The summed E-state index contributed by atoms with van der Waals surface area (Å²) in [4.78, 5) is 1.48. The molecular weight excluding hydrogens is 382 g/mol. The molecule has 0 nitrogen and oxygen atoms in total. The normalized spacial score (nSPS) is 12.1. The van der Waals surface area contributed by atoms with Crippen molar-refractivity contribution in [3.05, 3.63) is 17.4 Å². The first-order chi connectivity index (χ1) is 4.91. The third-order valence-corrected chi connectivity index (χ3v) is 6.22. The third kappa shape index (κ3) is 2.55. The summed E-state index contributed by atoms with van der Waals surface area (Å²) < 4.78 is 2.80. The Morgan fingerprint density at radius 1 is 1.27 bits per heavy atom. The van der Waals surface area contributed by atoms with Gasteiger partial charge in [0.05, 0.1) is 2.88 Å². The highest BCUT2D eigenvalue weighted by Gasteiger charge is 2.17. The number of hydrogen-bond acceptors (Lipinski definition) is 1. The van der Waals surface area contributed by atoms with Crippen molar-refractivity contribution in [1.82, 2.24) is 0 Å². The minimum absolute atomic E-state index is 0.314. The van der Waals surface area contributed by atoms with Crippen LogP contribution >= 0.6 is 56.5 Å². The van der Waals surface area contributed by atoms with Gasteiger partial charge < -0.3 is 0 Å².